The number of carbonyl (C=O) groups excluding carboxylic acids is 1. The van der Waals surface area contributed by atoms with Crippen LogP contribution >= 0.6 is 0 Å². The highest BCUT2D eigenvalue weighted by Crippen LogP contribution is 2.24. The lowest BCUT2D eigenvalue weighted by Crippen LogP contribution is -2.04. The summed E-state index contributed by atoms with van der Waals surface area (Å²) in [4.78, 5) is 18.9. The van der Waals surface area contributed by atoms with Gasteiger partial charge in [-0.1, -0.05) is 0 Å². The van der Waals surface area contributed by atoms with Crippen LogP contribution in [0.15, 0.2) is 18.7 Å². The molecular formula is C13H15N3O2. The molecule has 0 aliphatic heterocycles. The number of aldehydes is 1. The van der Waals surface area contributed by atoms with Crippen molar-refractivity contribution in [2.45, 2.75) is 20.4 Å². The second-order valence-corrected chi connectivity index (χ2v) is 4.13. The van der Waals surface area contributed by atoms with Gasteiger partial charge in [-0.25, -0.2) is 4.98 Å². The van der Waals surface area contributed by atoms with E-state index in [1.807, 2.05) is 18.4 Å². The van der Waals surface area contributed by atoms with Crippen LogP contribution in [0.3, 0.4) is 0 Å². The maximum absolute atomic E-state index is 10.6. The molecule has 0 bridgehead atoms. The lowest BCUT2D eigenvalue weighted by atomic mass is 10.1. The van der Waals surface area contributed by atoms with E-state index in [1.165, 1.54) is 0 Å². The number of carbonyl (C=O) groups is 1. The maximum atomic E-state index is 10.6. The molecule has 94 valence electrons. The molecule has 0 aromatic carbocycles. The number of methoxy groups -OCH3 is 1. The summed E-state index contributed by atoms with van der Waals surface area (Å²) < 4.78 is 7.19. The lowest BCUT2D eigenvalue weighted by Gasteiger charge is -2.12. The smallest absolute Gasteiger partial charge is 0.169 e. The Morgan fingerprint density at radius 1 is 1.39 bits per heavy atom. The highest BCUT2D eigenvalue weighted by molar-refractivity contribution is 5.70. The van der Waals surface area contributed by atoms with Crippen molar-refractivity contribution in [2.75, 3.05) is 7.11 Å². The second kappa shape index (κ2) is 5.00. The van der Waals surface area contributed by atoms with E-state index in [0.29, 0.717) is 12.2 Å². The maximum Gasteiger partial charge on any atom is 0.169 e. The molecule has 5 heteroatoms. The van der Waals surface area contributed by atoms with Gasteiger partial charge in [0, 0.05) is 23.5 Å². The van der Waals surface area contributed by atoms with Gasteiger partial charge >= 0.3 is 0 Å². The van der Waals surface area contributed by atoms with E-state index in [0.717, 1.165) is 28.9 Å². The van der Waals surface area contributed by atoms with Crippen molar-refractivity contribution < 1.29 is 9.53 Å². The van der Waals surface area contributed by atoms with E-state index in [2.05, 4.69) is 9.97 Å². The Hall–Kier alpha value is -2.17. The monoisotopic (exact) mass is 245 g/mol. The summed E-state index contributed by atoms with van der Waals surface area (Å²) in [6.07, 6.45) is 5.84. The van der Waals surface area contributed by atoms with E-state index in [-0.39, 0.29) is 0 Å². The van der Waals surface area contributed by atoms with Gasteiger partial charge < -0.3 is 9.30 Å². The number of hydrogen-bond acceptors (Lipinski definition) is 4. The first-order valence-electron chi connectivity index (χ1n) is 5.61. The molecule has 0 radical (unpaired) electrons. The number of aryl methyl sites for hydroxylation is 1. The molecule has 0 atom stereocenters. The van der Waals surface area contributed by atoms with Gasteiger partial charge in [0.2, 0.25) is 0 Å². The third kappa shape index (κ3) is 2.25. The molecule has 0 N–H and O–H groups in total. The summed E-state index contributed by atoms with van der Waals surface area (Å²) in [5, 5.41) is 0. The first-order chi connectivity index (χ1) is 8.65. The van der Waals surface area contributed by atoms with Crippen molar-refractivity contribution in [3.05, 3.63) is 41.2 Å². The zero-order valence-electron chi connectivity index (χ0n) is 10.7. The molecule has 2 rings (SSSR count). The molecule has 2 aromatic rings. The minimum Gasteiger partial charge on any atom is -0.496 e. The average molecular weight is 245 g/mol. The summed E-state index contributed by atoms with van der Waals surface area (Å²) in [5.74, 6) is 0.857. The topological polar surface area (TPSA) is 57.0 Å². The molecule has 2 aromatic heterocycles. The Kier molecular flexibility index (Phi) is 3.41. The van der Waals surface area contributed by atoms with Gasteiger partial charge in [0.05, 0.1) is 25.7 Å². The molecule has 0 saturated carbocycles. The number of nitrogens with zero attached hydrogens (tertiary/aromatic N) is 3. The van der Waals surface area contributed by atoms with Crippen molar-refractivity contribution in [3.8, 4) is 5.75 Å². The van der Waals surface area contributed by atoms with Gasteiger partial charge in [-0.05, 0) is 13.8 Å². The molecule has 0 amide bonds. The Morgan fingerprint density at radius 2 is 2.17 bits per heavy atom. The summed E-state index contributed by atoms with van der Waals surface area (Å²) in [6.45, 7) is 4.51. The summed E-state index contributed by atoms with van der Waals surface area (Å²) >= 11 is 0. The van der Waals surface area contributed by atoms with E-state index < -0.39 is 0 Å². The number of rotatable bonds is 4. The fraction of sp³-hybridized carbons (Fsp3) is 0.308. The lowest BCUT2D eigenvalue weighted by molar-refractivity contribution is 0.111. The first kappa shape index (κ1) is 12.3. The van der Waals surface area contributed by atoms with Gasteiger partial charge in [-0.3, -0.25) is 9.78 Å². The number of pyridine rings is 1. The summed E-state index contributed by atoms with van der Waals surface area (Å²) in [5.41, 5.74) is 3.36. The highest BCUT2D eigenvalue weighted by Gasteiger charge is 2.10. The van der Waals surface area contributed by atoms with Crippen molar-refractivity contribution >= 4 is 6.29 Å². The van der Waals surface area contributed by atoms with Gasteiger partial charge in [0.1, 0.15) is 11.4 Å². The van der Waals surface area contributed by atoms with E-state index >= 15 is 0 Å². The van der Waals surface area contributed by atoms with Crippen LogP contribution in [0.4, 0.5) is 0 Å². The van der Waals surface area contributed by atoms with Crippen molar-refractivity contribution in [3.63, 3.8) is 0 Å². The van der Waals surface area contributed by atoms with Crippen molar-refractivity contribution in [1.29, 1.82) is 0 Å². The van der Waals surface area contributed by atoms with Crippen molar-refractivity contribution in [1.82, 2.24) is 14.5 Å². The molecule has 18 heavy (non-hydrogen) atoms. The van der Waals surface area contributed by atoms with Crippen LogP contribution in [0.1, 0.15) is 27.3 Å². The number of hydrogen-bond donors (Lipinski definition) is 0. The van der Waals surface area contributed by atoms with Crippen molar-refractivity contribution in [2.24, 2.45) is 0 Å². The quantitative estimate of drug-likeness (QED) is 0.770. The molecule has 2 heterocycles. The SMILES string of the molecule is COc1c(C)cnc(Cn2cnc(C=O)c2)c1C. The largest absolute Gasteiger partial charge is 0.496 e. The normalized spacial score (nSPS) is 10.4. The minimum atomic E-state index is 0.423. The Bertz CT molecular complexity index is 576. The van der Waals surface area contributed by atoms with Crippen LogP contribution in [-0.4, -0.2) is 27.9 Å². The second-order valence-electron chi connectivity index (χ2n) is 4.13. The van der Waals surface area contributed by atoms with Crippen LogP contribution < -0.4 is 4.74 Å². The molecule has 5 nitrogen and oxygen atoms in total. The van der Waals surface area contributed by atoms with Crippen LogP contribution in [0.2, 0.25) is 0 Å². The first-order valence-corrected chi connectivity index (χ1v) is 5.61. The summed E-state index contributed by atoms with van der Waals surface area (Å²) in [7, 11) is 1.65. The van der Waals surface area contributed by atoms with Crippen LogP contribution in [-0.2, 0) is 6.54 Å². The van der Waals surface area contributed by atoms with E-state index in [9.17, 15) is 4.79 Å². The zero-order valence-corrected chi connectivity index (χ0v) is 10.7. The third-order valence-corrected chi connectivity index (χ3v) is 2.86. The Labute approximate surface area is 105 Å². The van der Waals surface area contributed by atoms with Gasteiger partial charge in [-0.2, -0.15) is 0 Å². The van der Waals surface area contributed by atoms with Gasteiger partial charge in [-0.15, -0.1) is 0 Å². The number of aromatic nitrogens is 3. The fourth-order valence-electron chi connectivity index (χ4n) is 1.93. The molecule has 0 fully saturated rings. The Balaban J connectivity index is 2.31. The molecule has 0 spiro atoms. The van der Waals surface area contributed by atoms with E-state index in [1.54, 1.807) is 25.8 Å². The third-order valence-electron chi connectivity index (χ3n) is 2.86. The van der Waals surface area contributed by atoms with Crippen LogP contribution in [0, 0.1) is 13.8 Å². The predicted octanol–water partition coefficient (Wildman–Crippen LogP) is 1.76. The van der Waals surface area contributed by atoms with Gasteiger partial charge in [0.15, 0.2) is 6.29 Å². The van der Waals surface area contributed by atoms with Crippen LogP contribution in [0.25, 0.3) is 0 Å². The summed E-state index contributed by atoms with van der Waals surface area (Å²) in [6, 6.07) is 0. The van der Waals surface area contributed by atoms with Crippen LogP contribution in [0.5, 0.6) is 5.75 Å². The van der Waals surface area contributed by atoms with Gasteiger partial charge in [0.25, 0.3) is 0 Å². The molecule has 0 unspecified atom stereocenters. The molecule has 0 aliphatic carbocycles. The average Bonchev–Trinajstić information content (AvgIpc) is 2.81. The van der Waals surface area contributed by atoms with E-state index in [4.69, 9.17) is 4.74 Å². The fourth-order valence-corrected chi connectivity index (χ4v) is 1.93. The molecule has 0 aliphatic rings. The predicted molar refractivity (Wildman–Crippen MR) is 67.0 cm³/mol. The number of imidazole rings is 1. The highest BCUT2D eigenvalue weighted by atomic mass is 16.5. The zero-order chi connectivity index (χ0) is 13.1. The molecular weight excluding hydrogens is 230 g/mol. The molecule has 0 saturated heterocycles. The Morgan fingerprint density at radius 3 is 2.78 bits per heavy atom. The minimum absolute atomic E-state index is 0.423. The standard InChI is InChI=1S/C13H15N3O2/c1-9-4-14-12(10(2)13(9)18-3)6-16-5-11(7-17)15-8-16/h4-5,7-8H,6H2,1-3H3. The number of ether oxygens (including phenoxy) is 1.